The summed E-state index contributed by atoms with van der Waals surface area (Å²) in [6.07, 6.45) is 0.894. The van der Waals surface area contributed by atoms with Crippen LogP contribution in [-0.4, -0.2) is 58.5 Å². The highest BCUT2D eigenvalue weighted by Gasteiger charge is 2.19. The number of nitrogens with zero attached hydrogens (tertiary/aromatic N) is 1. The van der Waals surface area contributed by atoms with E-state index in [1.807, 2.05) is 32.8 Å². The lowest BCUT2D eigenvalue weighted by Gasteiger charge is -2.23. The molecule has 0 saturated carbocycles. The molecule has 0 aliphatic carbocycles. The van der Waals surface area contributed by atoms with Crippen LogP contribution < -0.4 is 4.72 Å². The molecule has 0 bridgehead atoms. The number of nitrogens with one attached hydrogen (secondary N) is 1. The minimum Gasteiger partial charge on any atom is -0.378 e. The van der Waals surface area contributed by atoms with Crippen LogP contribution in [0.25, 0.3) is 0 Å². The highest BCUT2D eigenvalue weighted by molar-refractivity contribution is 7.89. The molecule has 0 aliphatic rings. The molecule has 0 aliphatic heterocycles. The number of likely N-dealkylation sites (N-methyl/N-ethyl adjacent to an activating group) is 1. The van der Waals surface area contributed by atoms with Crippen molar-refractivity contribution in [2.45, 2.75) is 46.3 Å². The molecule has 1 atom stereocenters. The van der Waals surface area contributed by atoms with Gasteiger partial charge in [-0.1, -0.05) is 13.8 Å². The van der Waals surface area contributed by atoms with Crippen molar-refractivity contribution in [3.8, 4) is 0 Å². The van der Waals surface area contributed by atoms with Crippen molar-refractivity contribution in [2.75, 3.05) is 33.0 Å². The van der Waals surface area contributed by atoms with Gasteiger partial charge in [0, 0.05) is 12.6 Å². The van der Waals surface area contributed by atoms with E-state index in [0.717, 1.165) is 6.42 Å². The molecule has 6 heteroatoms. The third kappa shape index (κ3) is 11.4. The summed E-state index contributed by atoms with van der Waals surface area (Å²) in [6.45, 7) is 8.94. The summed E-state index contributed by atoms with van der Waals surface area (Å²) in [4.78, 5) is 2.00. The van der Waals surface area contributed by atoms with E-state index < -0.39 is 10.0 Å². The molecule has 1 N–H and O–H groups in total. The standard InChI is InChI=1S/C13H30N2O3S/c1-11(2)9-13(10-15(5)6)14-19(16,17)8-7-18-12(3)4/h11-14H,7-10H2,1-6H3/t13-/m0/s1. The summed E-state index contributed by atoms with van der Waals surface area (Å²) in [6, 6.07) is -0.0425. The Labute approximate surface area is 118 Å². The first-order chi connectivity index (χ1) is 8.62. The molecule has 0 spiro atoms. The molecule has 0 saturated heterocycles. The Bertz CT molecular complexity index is 317. The van der Waals surface area contributed by atoms with Gasteiger partial charge in [-0.15, -0.1) is 0 Å². The molecule has 0 fully saturated rings. The maximum absolute atomic E-state index is 12.0. The van der Waals surface area contributed by atoms with Crippen LogP contribution in [0.5, 0.6) is 0 Å². The minimum absolute atomic E-state index is 0.0210. The molecule has 19 heavy (non-hydrogen) atoms. The lowest BCUT2D eigenvalue weighted by Crippen LogP contribution is -2.43. The Morgan fingerprint density at radius 3 is 2.16 bits per heavy atom. The van der Waals surface area contributed by atoms with E-state index >= 15 is 0 Å². The summed E-state index contributed by atoms with van der Waals surface area (Å²) in [5.41, 5.74) is 0. The van der Waals surface area contributed by atoms with Crippen LogP contribution in [0.15, 0.2) is 0 Å². The molecule has 0 aromatic carbocycles. The molecule has 0 heterocycles. The highest BCUT2D eigenvalue weighted by atomic mass is 32.2. The zero-order chi connectivity index (χ0) is 15.1. The van der Waals surface area contributed by atoms with Gasteiger partial charge in [0.2, 0.25) is 10.0 Å². The average molecular weight is 294 g/mol. The third-order valence-electron chi connectivity index (χ3n) is 2.49. The van der Waals surface area contributed by atoms with E-state index in [4.69, 9.17) is 4.74 Å². The van der Waals surface area contributed by atoms with E-state index in [9.17, 15) is 8.42 Å². The Morgan fingerprint density at radius 1 is 1.16 bits per heavy atom. The van der Waals surface area contributed by atoms with E-state index in [1.165, 1.54) is 0 Å². The molecule has 0 amide bonds. The monoisotopic (exact) mass is 294 g/mol. The zero-order valence-electron chi connectivity index (χ0n) is 13.1. The van der Waals surface area contributed by atoms with Crippen LogP contribution in [0.4, 0.5) is 0 Å². The normalized spacial score (nSPS) is 14.6. The maximum Gasteiger partial charge on any atom is 0.214 e. The fraction of sp³-hybridized carbons (Fsp3) is 1.00. The largest absolute Gasteiger partial charge is 0.378 e. The molecule has 5 nitrogen and oxygen atoms in total. The Hall–Kier alpha value is -0.170. The van der Waals surface area contributed by atoms with Crippen molar-refractivity contribution in [3.63, 3.8) is 0 Å². The summed E-state index contributed by atoms with van der Waals surface area (Å²) in [5.74, 6) is 0.479. The Kier molecular flexibility index (Phi) is 8.81. The van der Waals surface area contributed by atoms with Gasteiger partial charge in [-0.05, 0) is 40.3 Å². The molecule has 0 rings (SSSR count). The van der Waals surface area contributed by atoms with Crippen molar-refractivity contribution in [1.29, 1.82) is 0 Å². The molecule has 0 unspecified atom stereocenters. The molecular formula is C13H30N2O3S. The summed E-state index contributed by atoms with van der Waals surface area (Å²) < 4.78 is 32.0. The topological polar surface area (TPSA) is 58.6 Å². The van der Waals surface area contributed by atoms with E-state index in [-0.39, 0.29) is 24.5 Å². The molecular weight excluding hydrogens is 264 g/mol. The van der Waals surface area contributed by atoms with Gasteiger partial charge in [-0.3, -0.25) is 0 Å². The van der Waals surface area contributed by atoms with Crippen LogP contribution in [-0.2, 0) is 14.8 Å². The number of sulfonamides is 1. The van der Waals surface area contributed by atoms with Crippen molar-refractivity contribution >= 4 is 10.0 Å². The van der Waals surface area contributed by atoms with Crippen LogP contribution in [0.2, 0.25) is 0 Å². The van der Waals surface area contributed by atoms with Gasteiger partial charge in [0.25, 0.3) is 0 Å². The second-order valence-electron chi connectivity index (χ2n) is 5.94. The van der Waals surface area contributed by atoms with E-state index in [0.29, 0.717) is 12.5 Å². The van der Waals surface area contributed by atoms with Crippen LogP contribution in [0.1, 0.15) is 34.1 Å². The van der Waals surface area contributed by atoms with Gasteiger partial charge < -0.3 is 9.64 Å². The first kappa shape index (κ1) is 18.8. The van der Waals surface area contributed by atoms with Crippen LogP contribution in [0.3, 0.4) is 0 Å². The van der Waals surface area contributed by atoms with Crippen LogP contribution >= 0.6 is 0 Å². The zero-order valence-corrected chi connectivity index (χ0v) is 14.0. The Balaban J connectivity index is 4.37. The third-order valence-corrected chi connectivity index (χ3v) is 3.89. The van der Waals surface area contributed by atoms with Crippen molar-refractivity contribution in [1.82, 2.24) is 9.62 Å². The predicted octanol–water partition coefficient (Wildman–Crippen LogP) is 1.31. The van der Waals surface area contributed by atoms with Gasteiger partial charge in [0.1, 0.15) is 0 Å². The van der Waals surface area contributed by atoms with Gasteiger partial charge in [-0.25, -0.2) is 13.1 Å². The van der Waals surface area contributed by atoms with Gasteiger partial charge in [0.05, 0.1) is 18.5 Å². The SMILES string of the molecule is CC(C)C[C@@H](CN(C)C)NS(=O)(=O)CCOC(C)C. The number of ether oxygens (including phenoxy) is 1. The molecule has 0 radical (unpaired) electrons. The summed E-state index contributed by atoms with van der Waals surface area (Å²) in [7, 11) is 0.626. The predicted molar refractivity (Wildman–Crippen MR) is 79.8 cm³/mol. The minimum atomic E-state index is -3.27. The number of hydrogen-bond acceptors (Lipinski definition) is 4. The van der Waals surface area contributed by atoms with Crippen molar-refractivity contribution in [2.24, 2.45) is 5.92 Å². The fourth-order valence-electron chi connectivity index (χ4n) is 1.88. The van der Waals surface area contributed by atoms with Crippen molar-refractivity contribution in [3.05, 3.63) is 0 Å². The van der Waals surface area contributed by atoms with Crippen LogP contribution in [0, 0.1) is 5.92 Å². The smallest absolute Gasteiger partial charge is 0.214 e. The fourth-order valence-corrected chi connectivity index (χ4v) is 2.99. The first-order valence-electron chi connectivity index (χ1n) is 6.88. The van der Waals surface area contributed by atoms with Crippen molar-refractivity contribution < 1.29 is 13.2 Å². The van der Waals surface area contributed by atoms with Gasteiger partial charge >= 0.3 is 0 Å². The van der Waals surface area contributed by atoms with E-state index in [2.05, 4.69) is 18.6 Å². The second-order valence-corrected chi connectivity index (χ2v) is 7.82. The molecule has 116 valence electrons. The lowest BCUT2D eigenvalue weighted by atomic mass is 10.0. The van der Waals surface area contributed by atoms with Gasteiger partial charge in [0.15, 0.2) is 0 Å². The summed E-state index contributed by atoms with van der Waals surface area (Å²) >= 11 is 0. The number of hydrogen-bond donors (Lipinski definition) is 1. The Morgan fingerprint density at radius 2 is 1.74 bits per heavy atom. The second kappa shape index (κ2) is 8.89. The highest BCUT2D eigenvalue weighted by Crippen LogP contribution is 2.07. The first-order valence-corrected chi connectivity index (χ1v) is 8.54. The molecule has 0 aromatic rings. The number of rotatable bonds is 10. The molecule has 0 aromatic heterocycles. The maximum atomic E-state index is 12.0. The van der Waals surface area contributed by atoms with E-state index in [1.54, 1.807) is 0 Å². The average Bonchev–Trinajstić information content (AvgIpc) is 2.12. The summed E-state index contributed by atoms with van der Waals surface area (Å²) in [5, 5.41) is 0. The quantitative estimate of drug-likeness (QED) is 0.660. The lowest BCUT2D eigenvalue weighted by molar-refractivity contribution is 0.0911. The van der Waals surface area contributed by atoms with Gasteiger partial charge in [-0.2, -0.15) is 0 Å².